The van der Waals surface area contributed by atoms with E-state index in [9.17, 15) is 4.79 Å². The highest BCUT2D eigenvalue weighted by atomic mass is 16.5. The minimum absolute atomic E-state index is 0.527. The number of ether oxygens (including phenoxy) is 2. The zero-order valence-corrected chi connectivity index (χ0v) is 10.3. The van der Waals surface area contributed by atoms with Crippen molar-refractivity contribution in [2.24, 2.45) is 11.8 Å². The van der Waals surface area contributed by atoms with E-state index in [1.165, 1.54) is 25.7 Å². The maximum absolute atomic E-state index is 10.1. The number of aldehydes is 1. The lowest BCUT2D eigenvalue weighted by molar-refractivity contribution is -0.108. The third-order valence-electron chi connectivity index (χ3n) is 3.26. The first kappa shape index (κ1) is 13.7. The fourth-order valence-electron chi connectivity index (χ4n) is 2.23. The molecule has 0 aromatic heterocycles. The third-order valence-corrected chi connectivity index (χ3v) is 3.26. The van der Waals surface area contributed by atoms with Gasteiger partial charge >= 0.3 is 0 Å². The highest BCUT2D eigenvalue weighted by Gasteiger charge is 2.21. The largest absolute Gasteiger partial charge is 0.381 e. The van der Waals surface area contributed by atoms with Crippen LogP contribution in [-0.4, -0.2) is 32.7 Å². The quantitative estimate of drug-likeness (QED) is 0.473. The third kappa shape index (κ3) is 5.61. The topological polar surface area (TPSA) is 35.5 Å². The molecule has 1 rings (SSSR count). The van der Waals surface area contributed by atoms with Crippen LogP contribution in [0.1, 0.15) is 39.0 Å². The molecule has 0 aromatic rings. The second-order valence-electron chi connectivity index (χ2n) is 4.58. The van der Waals surface area contributed by atoms with Crippen LogP contribution in [0.5, 0.6) is 0 Å². The van der Waals surface area contributed by atoms with E-state index in [0.29, 0.717) is 18.9 Å². The first-order chi connectivity index (χ1) is 7.86. The summed E-state index contributed by atoms with van der Waals surface area (Å²) in [4.78, 5) is 10.1. The van der Waals surface area contributed by atoms with Crippen molar-refractivity contribution in [3.8, 4) is 0 Å². The molecule has 0 amide bonds. The van der Waals surface area contributed by atoms with Gasteiger partial charge in [-0.3, -0.25) is 0 Å². The van der Waals surface area contributed by atoms with Crippen LogP contribution in [0.25, 0.3) is 0 Å². The standard InChI is InChI=1S/C13H24O3/c1-2-15-10-12-4-6-13(7-5-12)11-16-9-3-8-14/h8,12-13H,2-7,9-11H2,1H3. The highest BCUT2D eigenvalue weighted by molar-refractivity contribution is 5.49. The lowest BCUT2D eigenvalue weighted by Crippen LogP contribution is -2.22. The fourth-order valence-corrected chi connectivity index (χ4v) is 2.23. The number of rotatable bonds is 8. The Morgan fingerprint density at radius 3 is 2.12 bits per heavy atom. The summed E-state index contributed by atoms with van der Waals surface area (Å²) >= 11 is 0. The summed E-state index contributed by atoms with van der Waals surface area (Å²) < 4.78 is 10.9. The summed E-state index contributed by atoms with van der Waals surface area (Å²) in [7, 11) is 0. The summed E-state index contributed by atoms with van der Waals surface area (Å²) in [6.45, 7) is 5.22. The van der Waals surface area contributed by atoms with Crippen LogP contribution in [0.3, 0.4) is 0 Å². The second kappa shape index (κ2) is 8.71. The van der Waals surface area contributed by atoms with Gasteiger partial charge in [-0.25, -0.2) is 0 Å². The molecule has 3 heteroatoms. The Balaban J connectivity index is 2.00. The van der Waals surface area contributed by atoms with E-state index in [4.69, 9.17) is 9.47 Å². The zero-order valence-electron chi connectivity index (χ0n) is 10.3. The van der Waals surface area contributed by atoms with E-state index >= 15 is 0 Å². The minimum Gasteiger partial charge on any atom is -0.381 e. The molecule has 0 spiro atoms. The molecule has 0 atom stereocenters. The predicted molar refractivity (Wildman–Crippen MR) is 63.4 cm³/mol. The van der Waals surface area contributed by atoms with Gasteiger partial charge in [0, 0.05) is 26.2 Å². The molecule has 0 aliphatic heterocycles. The van der Waals surface area contributed by atoms with Crippen LogP contribution in [0.4, 0.5) is 0 Å². The molecule has 0 unspecified atom stereocenters. The van der Waals surface area contributed by atoms with Crippen LogP contribution >= 0.6 is 0 Å². The van der Waals surface area contributed by atoms with Gasteiger partial charge in [-0.2, -0.15) is 0 Å². The molecule has 1 fully saturated rings. The Kier molecular flexibility index (Phi) is 7.43. The number of carbonyl (C=O) groups is 1. The lowest BCUT2D eigenvalue weighted by Gasteiger charge is -2.28. The molecule has 0 bridgehead atoms. The predicted octanol–water partition coefficient (Wildman–Crippen LogP) is 2.43. The van der Waals surface area contributed by atoms with Crippen LogP contribution in [0.2, 0.25) is 0 Å². The summed E-state index contributed by atoms with van der Waals surface area (Å²) in [5.74, 6) is 1.45. The Morgan fingerprint density at radius 1 is 1.06 bits per heavy atom. The molecule has 0 heterocycles. The van der Waals surface area contributed by atoms with Crippen molar-refractivity contribution in [1.82, 2.24) is 0 Å². The van der Waals surface area contributed by atoms with Crippen molar-refractivity contribution >= 4 is 6.29 Å². The Hall–Kier alpha value is -0.410. The van der Waals surface area contributed by atoms with Crippen LogP contribution in [0.15, 0.2) is 0 Å². The minimum atomic E-state index is 0.527. The Labute approximate surface area is 98.5 Å². The summed E-state index contributed by atoms with van der Waals surface area (Å²) in [5.41, 5.74) is 0. The number of hydrogen-bond acceptors (Lipinski definition) is 3. The molecule has 0 N–H and O–H groups in total. The SMILES string of the molecule is CCOCC1CCC(COCCC=O)CC1. The molecule has 0 saturated heterocycles. The van der Waals surface area contributed by atoms with E-state index in [1.807, 2.05) is 6.92 Å². The number of hydrogen-bond donors (Lipinski definition) is 0. The molecule has 0 aromatic carbocycles. The van der Waals surface area contributed by atoms with Gasteiger partial charge in [0.05, 0.1) is 6.61 Å². The Bertz CT molecular complexity index is 174. The second-order valence-corrected chi connectivity index (χ2v) is 4.58. The highest BCUT2D eigenvalue weighted by Crippen LogP contribution is 2.29. The van der Waals surface area contributed by atoms with Gasteiger partial charge < -0.3 is 14.3 Å². The molecule has 16 heavy (non-hydrogen) atoms. The van der Waals surface area contributed by atoms with Gasteiger partial charge in [-0.05, 0) is 44.4 Å². The molecule has 0 radical (unpaired) electrons. The van der Waals surface area contributed by atoms with Gasteiger partial charge in [0.2, 0.25) is 0 Å². The molecular formula is C13H24O3. The average Bonchev–Trinajstić information content (AvgIpc) is 2.33. The van der Waals surface area contributed by atoms with Crippen molar-refractivity contribution in [1.29, 1.82) is 0 Å². The molecular weight excluding hydrogens is 204 g/mol. The first-order valence-electron chi connectivity index (χ1n) is 6.46. The van der Waals surface area contributed by atoms with Gasteiger partial charge in [0.15, 0.2) is 0 Å². The van der Waals surface area contributed by atoms with Crippen molar-refractivity contribution in [2.45, 2.75) is 39.0 Å². The van der Waals surface area contributed by atoms with Crippen molar-refractivity contribution in [3.05, 3.63) is 0 Å². The molecule has 1 aliphatic carbocycles. The summed E-state index contributed by atoms with van der Waals surface area (Å²) in [6.07, 6.45) is 6.47. The van der Waals surface area contributed by atoms with Crippen molar-refractivity contribution in [3.63, 3.8) is 0 Å². The first-order valence-corrected chi connectivity index (χ1v) is 6.46. The molecule has 3 nitrogen and oxygen atoms in total. The van der Waals surface area contributed by atoms with Gasteiger partial charge in [-0.15, -0.1) is 0 Å². The smallest absolute Gasteiger partial charge is 0.122 e. The molecule has 94 valence electrons. The summed E-state index contributed by atoms with van der Waals surface area (Å²) in [6, 6.07) is 0. The maximum atomic E-state index is 10.1. The van der Waals surface area contributed by atoms with Crippen LogP contribution in [0, 0.1) is 11.8 Å². The average molecular weight is 228 g/mol. The van der Waals surface area contributed by atoms with Crippen LogP contribution in [-0.2, 0) is 14.3 Å². The van der Waals surface area contributed by atoms with Crippen molar-refractivity contribution in [2.75, 3.05) is 26.4 Å². The van der Waals surface area contributed by atoms with E-state index in [1.54, 1.807) is 0 Å². The van der Waals surface area contributed by atoms with E-state index in [-0.39, 0.29) is 0 Å². The lowest BCUT2D eigenvalue weighted by atomic mass is 9.83. The molecule has 1 saturated carbocycles. The number of carbonyl (C=O) groups excluding carboxylic acids is 1. The van der Waals surface area contributed by atoms with E-state index in [2.05, 4.69) is 0 Å². The molecule has 1 aliphatic rings. The maximum Gasteiger partial charge on any atom is 0.122 e. The Morgan fingerprint density at radius 2 is 1.62 bits per heavy atom. The van der Waals surface area contributed by atoms with E-state index < -0.39 is 0 Å². The normalized spacial score (nSPS) is 25.6. The van der Waals surface area contributed by atoms with Crippen LogP contribution < -0.4 is 0 Å². The van der Waals surface area contributed by atoms with Crippen molar-refractivity contribution < 1.29 is 14.3 Å². The monoisotopic (exact) mass is 228 g/mol. The summed E-state index contributed by atoms with van der Waals surface area (Å²) in [5, 5.41) is 0. The van der Waals surface area contributed by atoms with Gasteiger partial charge in [0.25, 0.3) is 0 Å². The van der Waals surface area contributed by atoms with Gasteiger partial charge in [0.1, 0.15) is 6.29 Å². The van der Waals surface area contributed by atoms with Gasteiger partial charge in [-0.1, -0.05) is 0 Å². The van der Waals surface area contributed by atoms with E-state index in [0.717, 1.165) is 32.0 Å². The zero-order chi connectivity index (χ0) is 11.6. The fraction of sp³-hybridized carbons (Fsp3) is 0.923.